The number of amides is 1. The lowest BCUT2D eigenvalue weighted by Gasteiger charge is -2.09. The van der Waals surface area contributed by atoms with E-state index in [1.807, 2.05) is 6.07 Å². The summed E-state index contributed by atoms with van der Waals surface area (Å²) in [5, 5.41) is 10.7. The first-order chi connectivity index (χ1) is 4.70. The van der Waals surface area contributed by atoms with Crippen molar-refractivity contribution < 1.29 is 4.79 Å². The molecule has 0 saturated carbocycles. The predicted octanol–water partition coefficient (Wildman–Crippen LogP) is -0.812. The largest absolute Gasteiger partial charge is 0.358 e. The molecule has 0 spiro atoms. The number of carbonyl (C=O) groups excluding carboxylic acids is 1. The van der Waals surface area contributed by atoms with Crippen molar-refractivity contribution in [2.75, 3.05) is 27.2 Å². The molecule has 0 aromatic heterocycles. The Morgan fingerprint density at radius 3 is 2.80 bits per heavy atom. The molecule has 0 aromatic rings. The number of nitrogens with zero attached hydrogens (tertiary/aromatic N) is 2. The minimum atomic E-state index is -0.0715. The summed E-state index contributed by atoms with van der Waals surface area (Å²) in [6.07, 6.45) is 0. The molecule has 1 amide bonds. The Hall–Kier alpha value is -1.08. The molecule has 0 unspecified atom stereocenters. The molecule has 10 heavy (non-hydrogen) atoms. The summed E-state index contributed by atoms with van der Waals surface area (Å²) < 4.78 is 0. The van der Waals surface area contributed by atoms with Crippen LogP contribution < -0.4 is 5.32 Å². The van der Waals surface area contributed by atoms with Gasteiger partial charge in [0, 0.05) is 7.05 Å². The number of hydrogen-bond donors (Lipinski definition) is 1. The molecule has 0 atom stereocenters. The van der Waals surface area contributed by atoms with Gasteiger partial charge in [-0.15, -0.1) is 0 Å². The highest BCUT2D eigenvalue weighted by atomic mass is 16.1. The van der Waals surface area contributed by atoms with Crippen LogP contribution in [0.1, 0.15) is 0 Å². The predicted molar refractivity (Wildman–Crippen MR) is 37.2 cm³/mol. The van der Waals surface area contributed by atoms with E-state index in [-0.39, 0.29) is 19.0 Å². The Morgan fingerprint density at radius 2 is 2.40 bits per heavy atom. The molecule has 0 bridgehead atoms. The van der Waals surface area contributed by atoms with Crippen molar-refractivity contribution in [3.63, 3.8) is 0 Å². The second kappa shape index (κ2) is 4.77. The monoisotopic (exact) mass is 141 g/mol. The molecule has 0 aliphatic heterocycles. The minimum Gasteiger partial charge on any atom is -0.358 e. The average molecular weight is 141 g/mol. The van der Waals surface area contributed by atoms with Crippen molar-refractivity contribution in [1.82, 2.24) is 10.2 Å². The summed E-state index contributed by atoms with van der Waals surface area (Å²) in [7, 11) is 3.29. The maximum absolute atomic E-state index is 10.6. The summed E-state index contributed by atoms with van der Waals surface area (Å²) >= 11 is 0. The van der Waals surface area contributed by atoms with Crippen LogP contribution in [0, 0.1) is 11.3 Å². The number of nitrogens with one attached hydrogen (secondary N) is 1. The third kappa shape index (κ3) is 3.87. The van der Waals surface area contributed by atoms with Crippen molar-refractivity contribution in [3.8, 4) is 6.07 Å². The van der Waals surface area contributed by atoms with Gasteiger partial charge in [0.2, 0.25) is 5.91 Å². The highest BCUT2D eigenvalue weighted by molar-refractivity contribution is 5.77. The average Bonchev–Trinajstić information content (AvgIpc) is 1.88. The summed E-state index contributed by atoms with van der Waals surface area (Å²) in [6.45, 7) is 0.567. The second-order valence-corrected chi connectivity index (χ2v) is 2.00. The van der Waals surface area contributed by atoms with Crippen molar-refractivity contribution in [2.24, 2.45) is 0 Å². The highest BCUT2D eigenvalue weighted by Crippen LogP contribution is 1.78. The molecule has 0 radical (unpaired) electrons. The molecule has 0 aliphatic carbocycles. The third-order valence-electron chi connectivity index (χ3n) is 1.03. The third-order valence-corrected chi connectivity index (χ3v) is 1.03. The van der Waals surface area contributed by atoms with Crippen LogP contribution >= 0.6 is 0 Å². The number of carbonyl (C=O) groups is 1. The van der Waals surface area contributed by atoms with Crippen LogP contribution in [0.2, 0.25) is 0 Å². The molecule has 0 aromatic carbocycles. The second-order valence-electron chi connectivity index (χ2n) is 2.00. The van der Waals surface area contributed by atoms with Crippen LogP contribution in [0.5, 0.6) is 0 Å². The minimum absolute atomic E-state index is 0.0715. The normalized spacial score (nSPS) is 9.00. The maximum Gasteiger partial charge on any atom is 0.233 e. The van der Waals surface area contributed by atoms with Crippen LogP contribution in [0.3, 0.4) is 0 Å². The van der Waals surface area contributed by atoms with E-state index in [2.05, 4.69) is 5.32 Å². The van der Waals surface area contributed by atoms with Gasteiger partial charge in [-0.1, -0.05) is 0 Å². The van der Waals surface area contributed by atoms with E-state index in [1.165, 1.54) is 0 Å². The number of rotatable bonds is 3. The number of likely N-dealkylation sites (N-methyl/N-ethyl adjacent to an activating group) is 2. The van der Waals surface area contributed by atoms with Gasteiger partial charge in [0.25, 0.3) is 0 Å². The molecule has 1 N–H and O–H groups in total. The molecule has 0 fully saturated rings. The van der Waals surface area contributed by atoms with Gasteiger partial charge in [0.1, 0.15) is 0 Å². The smallest absolute Gasteiger partial charge is 0.233 e. The van der Waals surface area contributed by atoms with Crippen molar-refractivity contribution in [2.45, 2.75) is 0 Å². The fourth-order valence-electron chi connectivity index (χ4n) is 0.501. The van der Waals surface area contributed by atoms with E-state index in [9.17, 15) is 4.79 Å². The molecule has 4 nitrogen and oxygen atoms in total. The quantitative estimate of drug-likeness (QED) is 0.523. The van der Waals surface area contributed by atoms with Crippen LogP contribution in [0.25, 0.3) is 0 Å². The van der Waals surface area contributed by atoms with Crippen molar-refractivity contribution >= 4 is 5.91 Å². The van der Waals surface area contributed by atoms with Crippen LogP contribution in [0.4, 0.5) is 0 Å². The molecule has 0 heterocycles. The van der Waals surface area contributed by atoms with Crippen LogP contribution in [-0.2, 0) is 4.79 Å². The van der Waals surface area contributed by atoms with E-state index in [0.717, 1.165) is 0 Å². The summed E-state index contributed by atoms with van der Waals surface area (Å²) in [6, 6.07) is 1.94. The molecule has 0 aliphatic rings. The first kappa shape index (κ1) is 8.92. The summed E-state index contributed by atoms with van der Waals surface area (Å²) in [4.78, 5) is 12.3. The summed E-state index contributed by atoms with van der Waals surface area (Å²) in [5.74, 6) is -0.0715. The van der Waals surface area contributed by atoms with Gasteiger partial charge in [-0.3, -0.25) is 9.69 Å². The molecule has 4 heteroatoms. The van der Waals surface area contributed by atoms with Crippen molar-refractivity contribution in [1.29, 1.82) is 5.26 Å². The Morgan fingerprint density at radius 1 is 1.80 bits per heavy atom. The van der Waals surface area contributed by atoms with Gasteiger partial charge in [0.15, 0.2) is 0 Å². The number of hydrogen-bond acceptors (Lipinski definition) is 3. The zero-order chi connectivity index (χ0) is 7.98. The van der Waals surface area contributed by atoms with Crippen LogP contribution in [-0.4, -0.2) is 38.0 Å². The Balaban J connectivity index is 3.49. The van der Waals surface area contributed by atoms with Crippen molar-refractivity contribution in [3.05, 3.63) is 0 Å². The van der Waals surface area contributed by atoms with E-state index >= 15 is 0 Å². The Bertz CT molecular complexity index is 150. The van der Waals surface area contributed by atoms with E-state index in [0.29, 0.717) is 0 Å². The molecular formula is C6H11N3O. The molecule has 56 valence electrons. The topological polar surface area (TPSA) is 56.1 Å². The lowest BCUT2D eigenvalue weighted by Crippen LogP contribution is -2.33. The maximum atomic E-state index is 10.6. The van der Waals surface area contributed by atoms with E-state index in [1.54, 1.807) is 19.0 Å². The van der Waals surface area contributed by atoms with E-state index in [4.69, 9.17) is 5.26 Å². The zero-order valence-corrected chi connectivity index (χ0v) is 6.22. The van der Waals surface area contributed by atoms with Gasteiger partial charge >= 0.3 is 0 Å². The summed E-state index contributed by atoms with van der Waals surface area (Å²) in [5.41, 5.74) is 0. The highest BCUT2D eigenvalue weighted by Gasteiger charge is 2.01. The van der Waals surface area contributed by atoms with Gasteiger partial charge < -0.3 is 5.32 Å². The number of nitriles is 1. The van der Waals surface area contributed by atoms with Gasteiger partial charge in [-0.05, 0) is 7.05 Å². The fourth-order valence-corrected chi connectivity index (χ4v) is 0.501. The molecule has 0 saturated heterocycles. The molecular weight excluding hydrogens is 130 g/mol. The van der Waals surface area contributed by atoms with Gasteiger partial charge in [-0.25, -0.2) is 0 Å². The Kier molecular flexibility index (Phi) is 4.25. The zero-order valence-electron chi connectivity index (χ0n) is 6.22. The Labute approximate surface area is 60.4 Å². The lowest BCUT2D eigenvalue weighted by atomic mass is 10.5. The van der Waals surface area contributed by atoms with Crippen LogP contribution in [0.15, 0.2) is 0 Å². The van der Waals surface area contributed by atoms with Gasteiger partial charge in [0.05, 0.1) is 19.2 Å². The molecule has 0 rings (SSSR count). The lowest BCUT2D eigenvalue weighted by molar-refractivity contribution is -0.121. The fraction of sp³-hybridized carbons (Fsp3) is 0.667. The van der Waals surface area contributed by atoms with E-state index < -0.39 is 0 Å². The van der Waals surface area contributed by atoms with Gasteiger partial charge in [-0.2, -0.15) is 5.26 Å². The first-order valence-electron chi connectivity index (χ1n) is 2.96. The standard InChI is InChI=1S/C6H11N3O/c1-8-6(10)5-9(2)4-3-7/h4-5H2,1-2H3,(H,8,10). The first-order valence-corrected chi connectivity index (χ1v) is 2.96. The SMILES string of the molecule is CNC(=O)CN(C)CC#N.